The zero-order valence-corrected chi connectivity index (χ0v) is 22.5. The number of nitriles is 1. The second-order valence-corrected chi connectivity index (χ2v) is 9.89. The van der Waals surface area contributed by atoms with Crippen LogP contribution in [0.1, 0.15) is 46.7 Å². The molecule has 192 valence electrons. The minimum Gasteiger partial charge on any atom is -0.338 e. The van der Waals surface area contributed by atoms with Crippen molar-refractivity contribution in [1.82, 2.24) is 14.3 Å². The fourth-order valence-corrected chi connectivity index (χ4v) is 5.48. The van der Waals surface area contributed by atoms with Gasteiger partial charge in [-0.05, 0) is 72.8 Å². The Hall–Kier alpha value is -3.45. The Kier molecular flexibility index (Phi) is 8.77. The number of amides is 1. The van der Waals surface area contributed by atoms with Crippen LogP contribution in [0.2, 0.25) is 0 Å². The number of rotatable bonds is 5. The highest BCUT2D eigenvalue weighted by Crippen LogP contribution is 2.34. The highest BCUT2D eigenvalue weighted by atomic mass is 32.2. The van der Waals surface area contributed by atoms with Crippen LogP contribution in [0.5, 0.6) is 0 Å². The predicted molar refractivity (Wildman–Crippen MR) is 149 cm³/mol. The largest absolute Gasteiger partial charge is 0.338 e. The molecule has 0 atom stereocenters. The highest BCUT2D eigenvalue weighted by molar-refractivity contribution is 7.97. The molecule has 8 nitrogen and oxygen atoms in total. The molecule has 1 fully saturated rings. The molecule has 1 aromatic heterocycles. The number of hydrogen-bond donors (Lipinski definition) is 1. The summed E-state index contributed by atoms with van der Waals surface area (Å²) in [5.41, 5.74) is 10.8. The molecule has 37 heavy (non-hydrogen) atoms. The first kappa shape index (κ1) is 26.6. The molecule has 3 heterocycles. The molecule has 0 radical (unpaired) electrons. The van der Waals surface area contributed by atoms with E-state index in [1.165, 1.54) is 10.5 Å². The van der Waals surface area contributed by atoms with E-state index in [-0.39, 0.29) is 5.91 Å². The Labute approximate surface area is 223 Å². The van der Waals surface area contributed by atoms with Gasteiger partial charge in [0.15, 0.2) is 0 Å². The van der Waals surface area contributed by atoms with Gasteiger partial charge >= 0.3 is 0 Å². The summed E-state index contributed by atoms with van der Waals surface area (Å²) in [6, 6.07) is 17.7. The Bertz CT molecular complexity index is 1300. The van der Waals surface area contributed by atoms with Crippen LogP contribution in [0.3, 0.4) is 0 Å². The zero-order valence-electron chi connectivity index (χ0n) is 21.6. The summed E-state index contributed by atoms with van der Waals surface area (Å²) in [6.45, 7) is 10.3. The first-order valence-corrected chi connectivity index (χ1v) is 13.5. The molecule has 2 aromatic carbocycles. The van der Waals surface area contributed by atoms with Crippen molar-refractivity contribution < 1.29 is 4.79 Å². The maximum absolute atomic E-state index is 13.1. The number of carbonyl (C=O) groups excluding carboxylic acids is 1. The summed E-state index contributed by atoms with van der Waals surface area (Å²) in [5.74, 6) is 0.652. The van der Waals surface area contributed by atoms with Gasteiger partial charge in [-0.2, -0.15) is 5.26 Å². The molecule has 5 rings (SSSR count). The number of fused-ring (bicyclic) bond motifs is 1. The lowest BCUT2D eigenvalue weighted by Crippen LogP contribution is -2.44. The molecule has 2 N–H and O–H groups in total. The first-order chi connectivity index (χ1) is 18.0. The third-order valence-corrected chi connectivity index (χ3v) is 7.40. The van der Waals surface area contributed by atoms with E-state index in [9.17, 15) is 10.1 Å². The fraction of sp³-hybridized carbons (Fsp3) is 0.357. The Morgan fingerprint density at radius 1 is 1.05 bits per heavy atom. The van der Waals surface area contributed by atoms with E-state index < -0.39 is 0 Å². The minimum absolute atomic E-state index is 0.0218. The van der Waals surface area contributed by atoms with Crippen molar-refractivity contribution in [1.29, 1.82) is 5.26 Å². The summed E-state index contributed by atoms with van der Waals surface area (Å²) in [6.07, 6.45) is 0.853. The van der Waals surface area contributed by atoms with Gasteiger partial charge in [0.05, 0.1) is 0 Å². The molecule has 2 aliphatic rings. The number of aromatic nitrogens is 2. The van der Waals surface area contributed by atoms with Crippen molar-refractivity contribution in [2.24, 2.45) is 5.73 Å². The molecule has 1 saturated heterocycles. The van der Waals surface area contributed by atoms with Gasteiger partial charge in [0.25, 0.3) is 5.91 Å². The van der Waals surface area contributed by atoms with E-state index in [0.717, 1.165) is 49.5 Å². The first-order valence-electron chi connectivity index (χ1n) is 12.7. The van der Waals surface area contributed by atoms with E-state index >= 15 is 0 Å². The minimum atomic E-state index is 0.0218. The Balaban J connectivity index is 0.00000156. The third-order valence-electron chi connectivity index (χ3n) is 6.31. The molecule has 9 heteroatoms. The number of nitrogens with two attached hydrogens (primary N) is 1. The summed E-state index contributed by atoms with van der Waals surface area (Å²) >= 11 is 1.75. The monoisotopic (exact) mass is 515 g/mol. The molecular weight excluding hydrogens is 482 g/mol. The maximum Gasteiger partial charge on any atom is 0.258 e. The molecule has 0 saturated carbocycles. The van der Waals surface area contributed by atoms with E-state index in [2.05, 4.69) is 43.4 Å². The maximum atomic E-state index is 13.1. The van der Waals surface area contributed by atoms with Gasteiger partial charge < -0.3 is 15.5 Å². The average molecular weight is 516 g/mol. The van der Waals surface area contributed by atoms with Crippen molar-refractivity contribution in [2.45, 2.75) is 38.6 Å². The van der Waals surface area contributed by atoms with Crippen LogP contribution in [0.4, 0.5) is 11.6 Å². The van der Waals surface area contributed by atoms with E-state index in [1.807, 2.05) is 49.9 Å². The van der Waals surface area contributed by atoms with Crippen LogP contribution >= 0.6 is 11.9 Å². The van der Waals surface area contributed by atoms with Crippen LogP contribution in [0.15, 0.2) is 53.4 Å². The van der Waals surface area contributed by atoms with Gasteiger partial charge in [0.2, 0.25) is 5.95 Å². The lowest BCUT2D eigenvalue weighted by molar-refractivity contribution is 0.0989. The average Bonchev–Trinajstić information content (AvgIpc) is 3.37. The predicted octanol–water partition coefficient (Wildman–Crippen LogP) is 4.17. The third kappa shape index (κ3) is 6.10. The number of carbonyl (C=O) groups is 1. The van der Waals surface area contributed by atoms with Crippen LogP contribution in [-0.4, -0.2) is 52.9 Å². The van der Waals surface area contributed by atoms with Gasteiger partial charge in [0.1, 0.15) is 11.8 Å². The summed E-state index contributed by atoms with van der Waals surface area (Å²) in [7, 11) is 0. The number of hydrogen-bond acceptors (Lipinski definition) is 8. The lowest BCUT2D eigenvalue weighted by Gasteiger charge is -2.34. The molecular formula is C28H33N7OS. The van der Waals surface area contributed by atoms with Crippen molar-refractivity contribution in [2.75, 3.05) is 42.5 Å². The summed E-state index contributed by atoms with van der Waals surface area (Å²) in [5, 5.41) is 9.19. The van der Waals surface area contributed by atoms with E-state index in [1.54, 1.807) is 18.0 Å². The van der Waals surface area contributed by atoms with Gasteiger partial charge in [-0.25, -0.2) is 14.3 Å². The van der Waals surface area contributed by atoms with Crippen molar-refractivity contribution in [3.63, 3.8) is 0 Å². The van der Waals surface area contributed by atoms with Gasteiger partial charge in [-0.15, -0.1) is 0 Å². The summed E-state index contributed by atoms with van der Waals surface area (Å²) in [4.78, 5) is 27.2. The molecule has 1 amide bonds. The molecule has 0 spiro atoms. The molecule has 2 aliphatic heterocycles. The zero-order chi connectivity index (χ0) is 26.4. The van der Waals surface area contributed by atoms with Crippen LogP contribution < -0.4 is 15.5 Å². The van der Waals surface area contributed by atoms with Gasteiger partial charge in [-0.1, -0.05) is 26.0 Å². The van der Waals surface area contributed by atoms with Crippen molar-refractivity contribution in [3.05, 3.63) is 76.6 Å². The number of benzene rings is 2. The number of anilines is 2. The quantitative estimate of drug-likeness (QED) is 0.505. The van der Waals surface area contributed by atoms with Gasteiger partial charge in [0, 0.05) is 61.1 Å². The van der Waals surface area contributed by atoms with Crippen LogP contribution in [0.25, 0.3) is 0 Å². The molecule has 0 aliphatic carbocycles. The second kappa shape index (κ2) is 12.2. The molecule has 0 bridgehead atoms. The number of piperazine rings is 1. The smallest absolute Gasteiger partial charge is 0.258 e. The normalized spacial score (nSPS) is 15.0. The topological polar surface area (TPSA) is 102 Å². The SMILES string of the molecule is CC.Cc1cc(C#N)nc(N2CCN(Sc3ccc4c(c3)CCN4C(=O)c3cccc(CN)c3)CC2)n1. The number of nitrogens with zero attached hydrogens (tertiary/aromatic N) is 6. The Morgan fingerprint density at radius 3 is 2.57 bits per heavy atom. The highest BCUT2D eigenvalue weighted by Gasteiger charge is 2.27. The summed E-state index contributed by atoms with van der Waals surface area (Å²) < 4.78 is 2.34. The molecule has 0 unspecified atom stereocenters. The van der Waals surface area contributed by atoms with E-state index in [0.29, 0.717) is 30.3 Å². The van der Waals surface area contributed by atoms with E-state index in [4.69, 9.17) is 5.73 Å². The Morgan fingerprint density at radius 2 is 1.84 bits per heavy atom. The van der Waals surface area contributed by atoms with Crippen molar-refractivity contribution >= 4 is 29.5 Å². The van der Waals surface area contributed by atoms with Crippen molar-refractivity contribution in [3.8, 4) is 6.07 Å². The fourth-order valence-electron chi connectivity index (χ4n) is 4.51. The standard InChI is InChI=1S/C26H27N7OS.C2H6/c1-18-13-22(17-28)30-26(29-18)31-9-11-32(12-10-31)35-23-5-6-24-20(15-23)7-8-33(24)25(34)21-4-2-3-19(14-21)16-27;1-2/h2-6,13-15H,7-12,16,27H2,1H3;1-2H3. The number of aryl methyl sites for hydroxylation is 1. The molecule has 3 aromatic rings. The second-order valence-electron chi connectivity index (χ2n) is 8.72. The lowest BCUT2D eigenvalue weighted by atomic mass is 10.1. The van der Waals surface area contributed by atoms with Crippen LogP contribution in [0, 0.1) is 18.3 Å². The van der Waals surface area contributed by atoms with Crippen LogP contribution in [-0.2, 0) is 13.0 Å². The van der Waals surface area contributed by atoms with Gasteiger partial charge in [-0.3, -0.25) is 4.79 Å².